The Kier molecular flexibility index (Phi) is 5.36. The molecule has 4 nitrogen and oxygen atoms in total. The molecule has 1 aromatic rings. The normalized spacial score (nSPS) is 9.88. The van der Waals surface area contributed by atoms with Gasteiger partial charge in [0, 0.05) is 26.7 Å². The third kappa shape index (κ3) is 4.31. The second kappa shape index (κ2) is 6.85. The van der Waals surface area contributed by atoms with E-state index in [9.17, 15) is 4.79 Å². The van der Waals surface area contributed by atoms with E-state index in [2.05, 4.69) is 10.6 Å². The summed E-state index contributed by atoms with van der Waals surface area (Å²) in [5, 5.41) is 5.81. The number of carbonyl (C=O) groups excluding carboxylic acids is 1. The molecule has 0 aliphatic carbocycles. The molecule has 0 fully saturated rings. The molecule has 88 valence electrons. The Labute approximate surface area is 96.6 Å². The van der Waals surface area contributed by atoms with Crippen molar-refractivity contribution in [3.05, 3.63) is 35.9 Å². The maximum absolute atomic E-state index is 11.6. The number of benzene rings is 1. The number of amides is 2. The number of hydrogen-bond acceptors (Lipinski definition) is 2. The summed E-state index contributed by atoms with van der Waals surface area (Å²) in [4.78, 5) is 13.3. The predicted molar refractivity (Wildman–Crippen MR) is 65.2 cm³/mol. The van der Waals surface area contributed by atoms with Gasteiger partial charge in [0.2, 0.25) is 0 Å². The van der Waals surface area contributed by atoms with Crippen LogP contribution in [0.2, 0.25) is 0 Å². The lowest BCUT2D eigenvalue weighted by atomic mass is 10.2. The quantitative estimate of drug-likeness (QED) is 0.730. The van der Waals surface area contributed by atoms with Gasteiger partial charge in [-0.15, -0.1) is 0 Å². The Morgan fingerprint density at radius 1 is 1.25 bits per heavy atom. The fourth-order valence-electron chi connectivity index (χ4n) is 1.36. The van der Waals surface area contributed by atoms with Crippen molar-refractivity contribution < 1.29 is 4.79 Å². The van der Waals surface area contributed by atoms with Crippen molar-refractivity contribution in [1.29, 1.82) is 0 Å². The van der Waals surface area contributed by atoms with E-state index in [0.29, 0.717) is 13.1 Å². The summed E-state index contributed by atoms with van der Waals surface area (Å²) in [6.07, 6.45) is 0. The number of hydrogen-bond donors (Lipinski definition) is 2. The second-order valence-electron chi connectivity index (χ2n) is 3.68. The monoisotopic (exact) mass is 221 g/mol. The number of rotatable bonds is 5. The van der Waals surface area contributed by atoms with Crippen LogP contribution in [0.25, 0.3) is 0 Å². The highest BCUT2D eigenvalue weighted by Gasteiger charge is 2.07. The van der Waals surface area contributed by atoms with E-state index in [-0.39, 0.29) is 6.03 Å². The Morgan fingerprint density at radius 2 is 1.94 bits per heavy atom. The van der Waals surface area contributed by atoms with Crippen molar-refractivity contribution in [1.82, 2.24) is 15.5 Å². The molecular formula is C12H19N3O. The van der Waals surface area contributed by atoms with E-state index in [1.807, 2.05) is 37.4 Å². The standard InChI is InChI=1S/C12H19N3O/c1-13-8-9-14-12(16)15(2)10-11-6-4-3-5-7-11/h3-7,13H,8-10H2,1-2H3,(H,14,16). The highest BCUT2D eigenvalue weighted by molar-refractivity contribution is 5.73. The number of nitrogens with one attached hydrogen (secondary N) is 2. The lowest BCUT2D eigenvalue weighted by molar-refractivity contribution is 0.207. The first-order valence-electron chi connectivity index (χ1n) is 5.41. The summed E-state index contributed by atoms with van der Waals surface area (Å²) in [6.45, 7) is 2.06. The molecule has 0 radical (unpaired) electrons. The lowest BCUT2D eigenvalue weighted by Crippen LogP contribution is -2.39. The van der Waals surface area contributed by atoms with E-state index in [1.165, 1.54) is 0 Å². The molecule has 1 aromatic carbocycles. The first kappa shape index (κ1) is 12.5. The van der Waals surface area contributed by atoms with Crippen molar-refractivity contribution in [2.24, 2.45) is 0 Å². The van der Waals surface area contributed by atoms with Gasteiger partial charge in [0.1, 0.15) is 0 Å². The van der Waals surface area contributed by atoms with Crippen LogP contribution in [-0.2, 0) is 6.54 Å². The molecule has 0 bridgehead atoms. The van der Waals surface area contributed by atoms with Crippen LogP contribution < -0.4 is 10.6 Å². The van der Waals surface area contributed by atoms with Gasteiger partial charge >= 0.3 is 6.03 Å². The van der Waals surface area contributed by atoms with Crippen molar-refractivity contribution >= 4 is 6.03 Å². The molecule has 0 heterocycles. The van der Waals surface area contributed by atoms with Crippen LogP contribution >= 0.6 is 0 Å². The predicted octanol–water partition coefficient (Wildman–Crippen LogP) is 1.05. The lowest BCUT2D eigenvalue weighted by Gasteiger charge is -2.17. The molecule has 0 unspecified atom stereocenters. The number of likely N-dealkylation sites (N-methyl/N-ethyl adjacent to an activating group) is 1. The van der Waals surface area contributed by atoms with Crippen molar-refractivity contribution in [3.63, 3.8) is 0 Å². The van der Waals surface area contributed by atoms with Gasteiger partial charge in [-0.25, -0.2) is 4.79 Å². The molecule has 0 saturated heterocycles. The van der Waals surface area contributed by atoms with Gasteiger partial charge in [-0.2, -0.15) is 0 Å². The second-order valence-corrected chi connectivity index (χ2v) is 3.68. The molecule has 2 amide bonds. The van der Waals surface area contributed by atoms with Gasteiger partial charge in [-0.1, -0.05) is 30.3 Å². The molecule has 0 aliphatic heterocycles. The van der Waals surface area contributed by atoms with Crippen molar-refractivity contribution in [2.45, 2.75) is 6.54 Å². The van der Waals surface area contributed by atoms with Gasteiger partial charge in [0.15, 0.2) is 0 Å². The minimum atomic E-state index is -0.0425. The molecule has 0 aliphatic rings. The maximum atomic E-state index is 11.6. The Morgan fingerprint density at radius 3 is 2.56 bits per heavy atom. The molecule has 16 heavy (non-hydrogen) atoms. The molecular weight excluding hydrogens is 202 g/mol. The summed E-state index contributed by atoms with van der Waals surface area (Å²) >= 11 is 0. The Balaban J connectivity index is 2.34. The molecule has 1 rings (SSSR count). The Hall–Kier alpha value is -1.55. The molecule has 0 aromatic heterocycles. The molecule has 0 saturated carbocycles. The van der Waals surface area contributed by atoms with Gasteiger partial charge < -0.3 is 15.5 Å². The van der Waals surface area contributed by atoms with Gasteiger partial charge in [0.05, 0.1) is 0 Å². The molecule has 2 N–H and O–H groups in total. The maximum Gasteiger partial charge on any atom is 0.317 e. The van der Waals surface area contributed by atoms with Crippen LogP contribution in [0.5, 0.6) is 0 Å². The highest BCUT2D eigenvalue weighted by Crippen LogP contribution is 2.02. The topological polar surface area (TPSA) is 44.4 Å². The van der Waals surface area contributed by atoms with E-state index in [1.54, 1.807) is 11.9 Å². The van der Waals surface area contributed by atoms with E-state index >= 15 is 0 Å². The SMILES string of the molecule is CNCCNC(=O)N(C)Cc1ccccc1. The number of urea groups is 1. The molecule has 0 atom stereocenters. The summed E-state index contributed by atoms with van der Waals surface area (Å²) in [5.74, 6) is 0. The summed E-state index contributed by atoms with van der Waals surface area (Å²) in [5.41, 5.74) is 1.13. The first-order valence-corrected chi connectivity index (χ1v) is 5.41. The third-order valence-corrected chi connectivity index (χ3v) is 2.26. The van der Waals surface area contributed by atoms with Gasteiger partial charge in [-0.3, -0.25) is 0 Å². The minimum absolute atomic E-state index is 0.0425. The van der Waals surface area contributed by atoms with Crippen LogP contribution in [0.15, 0.2) is 30.3 Å². The van der Waals surface area contributed by atoms with Crippen molar-refractivity contribution in [2.75, 3.05) is 27.2 Å². The summed E-state index contributed by atoms with van der Waals surface area (Å²) in [7, 11) is 3.65. The summed E-state index contributed by atoms with van der Waals surface area (Å²) in [6, 6.07) is 9.90. The zero-order valence-corrected chi connectivity index (χ0v) is 9.86. The average Bonchev–Trinajstić information content (AvgIpc) is 2.30. The van der Waals surface area contributed by atoms with Crippen LogP contribution in [0.4, 0.5) is 4.79 Å². The zero-order chi connectivity index (χ0) is 11.8. The largest absolute Gasteiger partial charge is 0.337 e. The molecule has 0 spiro atoms. The van der Waals surface area contributed by atoms with E-state index in [0.717, 1.165) is 12.1 Å². The Bertz CT molecular complexity index is 313. The van der Waals surface area contributed by atoms with Crippen molar-refractivity contribution in [3.8, 4) is 0 Å². The number of carbonyl (C=O) groups is 1. The smallest absolute Gasteiger partial charge is 0.317 e. The van der Waals surface area contributed by atoms with Gasteiger partial charge in [-0.05, 0) is 12.6 Å². The van der Waals surface area contributed by atoms with E-state index in [4.69, 9.17) is 0 Å². The van der Waals surface area contributed by atoms with Gasteiger partial charge in [0.25, 0.3) is 0 Å². The first-order chi connectivity index (χ1) is 7.74. The third-order valence-electron chi connectivity index (χ3n) is 2.26. The zero-order valence-electron chi connectivity index (χ0n) is 9.86. The average molecular weight is 221 g/mol. The van der Waals surface area contributed by atoms with E-state index < -0.39 is 0 Å². The van der Waals surface area contributed by atoms with Crippen LogP contribution in [0.1, 0.15) is 5.56 Å². The van der Waals surface area contributed by atoms with Crippen LogP contribution in [0, 0.1) is 0 Å². The fourth-order valence-corrected chi connectivity index (χ4v) is 1.36. The summed E-state index contributed by atoms with van der Waals surface area (Å²) < 4.78 is 0. The van der Waals surface area contributed by atoms with Crippen LogP contribution in [-0.4, -0.2) is 38.1 Å². The van der Waals surface area contributed by atoms with Crippen LogP contribution in [0.3, 0.4) is 0 Å². The highest BCUT2D eigenvalue weighted by atomic mass is 16.2. The fraction of sp³-hybridized carbons (Fsp3) is 0.417. The molecule has 4 heteroatoms. The minimum Gasteiger partial charge on any atom is -0.337 e. The number of nitrogens with zero attached hydrogens (tertiary/aromatic N) is 1.